The van der Waals surface area contributed by atoms with E-state index in [1.165, 1.54) is 32.7 Å². The molecule has 1 N–H and O–H groups in total. The van der Waals surface area contributed by atoms with Crippen molar-refractivity contribution in [2.75, 3.05) is 26.6 Å². The highest BCUT2D eigenvalue weighted by Gasteiger charge is 2.25. The quantitative estimate of drug-likeness (QED) is 0.548. The number of anilines is 1. The molecule has 0 bridgehead atoms. The molecule has 1 aromatic heterocycles. The SMILES string of the molecule is COC(=O)c1c(-c2ccc(Cl)cc2)csc1NC(=O)c1c(OC)cccc1OC. The molecule has 0 aliphatic heterocycles. The Kier molecular flexibility index (Phi) is 6.41. The van der Waals surface area contributed by atoms with Crippen LogP contribution in [0.2, 0.25) is 5.02 Å². The Labute approximate surface area is 177 Å². The van der Waals surface area contributed by atoms with Crippen molar-refractivity contribution in [3.05, 3.63) is 64.0 Å². The summed E-state index contributed by atoms with van der Waals surface area (Å²) in [6.45, 7) is 0. The van der Waals surface area contributed by atoms with Gasteiger partial charge in [-0.25, -0.2) is 4.79 Å². The van der Waals surface area contributed by atoms with Gasteiger partial charge in [0.05, 0.1) is 21.3 Å². The van der Waals surface area contributed by atoms with Crippen LogP contribution in [0, 0.1) is 0 Å². The number of hydrogen-bond donors (Lipinski definition) is 1. The number of ether oxygens (including phenoxy) is 3. The van der Waals surface area contributed by atoms with Crippen molar-refractivity contribution in [1.29, 1.82) is 0 Å². The molecule has 0 aliphatic rings. The summed E-state index contributed by atoms with van der Waals surface area (Å²) in [7, 11) is 4.23. The highest BCUT2D eigenvalue weighted by atomic mass is 35.5. The van der Waals surface area contributed by atoms with Gasteiger partial charge in [0.15, 0.2) is 0 Å². The lowest BCUT2D eigenvalue weighted by atomic mass is 10.0. The van der Waals surface area contributed by atoms with Gasteiger partial charge in [0.25, 0.3) is 5.91 Å². The maximum absolute atomic E-state index is 13.0. The molecule has 6 nitrogen and oxygen atoms in total. The first-order valence-electron chi connectivity index (χ1n) is 8.48. The number of nitrogens with one attached hydrogen (secondary N) is 1. The third kappa shape index (κ3) is 4.21. The Hall–Kier alpha value is -3.03. The average molecular weight is 432 g/mol. The molecular weight excluding hydrogens is 414 g/mol. The molecule has 0 fully saturated rings. The Bertz CT molecular complexity index is 1020. The molecule has 0 atom stereocenters. The van der Waals surface area contributed by atoms with Gasteiger partial charge in [-0.1, -0.05) is 29.8 Å². The van der Waals surface area contributed by atoms with Crippen molar-refractivity contribution >= 4 is 39.8 Å². The van der Waals surface area contributed by atoms with E-state index >= 15 is 0 Å². The van der Waals surface area contributed by atoms with Crippen molar-refractivity contribution < 1.29 is 23.8 Å². The number of rotatable bonds is 6. The van der Waals surface area contributed by atoms with Gasteiger partial charge < -0.3 is 19.5 Å². The van der Waals surface area contributed by atoms with Crippen LogP contribution in [0.1, 0.15) is 20.7 Å². The highest BCUT2D eigenvalue weighted by molar-refractivity contribution is 7.15. The Balaban J connectivity index is 2.03. The van der Waals surface area contributed by atoms with Crippen molar-refractivity contribution in [2.45, 2.75) is 0 Å². The number of carbonyl (C=O) groups excluding carboxylic acids is 2. The van der Waals surface area contributed by atoms with E-state index in [1.54, 1.807) is 47.8 Å². The lowest BCUT2D eigenvalue weighted by molar-refractivity contribution is 0.0603. The van der Waals surface area contributed by atoms with E-state index in [2.05, 4.69) is 5.32 Å². The van der Waals surface area contributed by atoms with Gasteiger partial charge in [-0.3, -0.25) is 4.79 Å². The molecule has 0 saturated heterocycles. The van der Waals surface area contributed by atoms with Crippen LogP contribution in [-0.4, -0.2) is 33.2 Å². The minimum absolute atomic E-state index is 0.231. The average Bonchev–Trinajstić information content (AvgIpc) is 3.16. The van der Waals surface area contributed by atoms with E-state index in [1.807, 2.05) is 0 Å². The molecule has 29 heavy (non-hydrogen) atoms. The second-order valence-electron chi connectivity index (χ2n) is 5.84. The molecule has 0 unspecified atom stereocenters. The van der Waals surface area contributed by atoms with Gasteiger partial charge in [0.1, 0.15) is 27.6 Å². The molecule has 8 heteroatoms. The van der Waals surface area contributed by atoms with E-state index in [9.17, 15) is 9.59 Å². The van der Waals surface area contributed by atoms with E-state index in [0.29, 0.717) is 27.1 Å². The summed E-state index contributed by atoms with van der Waals surface area (Å²) in [4.78, 5) is 25.5. The van der Waals surface area contributed by atoms with Gasteiger partial charge in [-0.05, 0) is 29.8 Å². The predicted molar refractivity (Wildman–Crippen MR) is 114 cm³/mol. The van der Waals surface area contributed by atoms with Crippen LogP contribution in [0.3, 0.4) is 0 Å². The zero-order valence-electron chi connectivity index (χ0n) is 15.9. The third-order valence-corrected chi connectivity index (χ3v) is 5.37. The monoisotopic (exact) mass is 431 g/mol. The largest absolute Gasteiger partial charge is 0.496 e. The van der Waals surface area contributed by atoms with Crippen LogP contribution < -0.4 is 14.8 Å². The smallest absolute Gasteiger partial charge is 0.341 e. The van der Waals surface area contributed by atoms with E-state index in [0.717, 1.165) is 5.56 Å². The number of carbonyl (C=O) groups is 2. The number of esters is 1. The first-order valence-corrected chi connectivity index (χ1v) is 9.74. The van der Waals surface area contributed by atoms with Crippen LogP contribution in [0.5, 0.6) is 11.5 Å². The Morgan fingerprint density at radius 2 is 1.55 bits per heavy atom. The van der Waals surface area contributed by atoms with E-state index in [4.69, 9.17) is 25.8 Å². The second kappa shape index (κ2) is 8.98. The van der Waals surface area contributed by atoms with Gasteiger partial charge in [0, 0.05) is 16.0 Å². The molecule has 0 radical (unpaired) electrons. The van der Waals surface area contributed by atoms with Gasteiger partial charge in [-0.15, -0.1) is 11.3 Å². The standard InChI is InChI=1S/C21H18ClNO5S/c1-26-15-5-4-6-16(27-2)18(15)19(24)23-20-17(21(25)28-3)14(11-29-20)12-7-9-13(22)10-8-12/h4-11H,1-3H3,(H,23,24). The second-order valence-corrected chi connectivity index (χ2v) is 7.16. The topological polar surface area (TPSA) is 73.9 Å². The normalized spacial score (nSPS) is 10.3. The van der Waals surface area contributed by atoms with Crippen LogP contribution in [0.15, 0.2) is 47.8 Å². The summed E-state index contributed by atoms with van der Waals surface area (Å²) in [6, 6.07) is 12.1. The number of methoxy groups -OCH3 is 3. The first-order chi connectivity index (χ1) is 14.0. The maximum atomic E-state index is 13.0. The molecule has 0 aliphatic carbocycles. The van der Waals surface area contributed by atoms with Gasteiger partial charge in [0.2, 0.25) is 0 Å². The minimum Gasteiger partial charge on any atom is -0.496 e. The van der Waals surface area contributed by atoms with Crippen LogP contribution in [0.25, 0.3) is 11.1 Å². The molecule has 3 rings (SSSR count). The fourth-order valence-electron chi connectivity index (χ4n) is 2.84. The number of hydrogen-bond acceptors (Lipinski definition) is 6. The van der Waals surface area contributed by atoms with Gasteiger partial charge >= 0.3 is 5.97 Å². The van der Waals surface area contributed by atoms with Crippen molar-refractivity contribution in [3.8, 4) is 22.6 Å². The molecule has 2 aromatic carbocycles. The predicted octanol–water partition coefficient (Wildman–Crippen LogP) is 5.12. The third-order valence-electron chi connectivity index (χ3n) is 4.22. The minimum atomic E-state index is -0.557. The van der Waals surface area contributed by atoms with Crippen LogP contribution in [-0.2, 0) is 4.74 Å². The number of amides is 1. The molecular formula is C21H18ClNO5S. The summed E-state index contributed by atoms with van der Waals surface area (Å²) in [5.74, 6) is -0.306. The number of benzene rings is 2. The fourth-order valence-corrected chi connectivity index (χ4v) is 3.92. The zero-order valence-corrected chi connectivity index (χ0v) is 17.5. The first kappa shape index (κ1) is 20.7. The Morgan fingerprint density at radius 1 is 0.931 bits per heavy atom. The highest BCUT2D eigenvalue weighted by Crippen LogP contribution is 2.38. The Morgan fingerprint density at radius 3 is 2.10 bits per heavy atom. The lowest BCUT2D eigenvalue weighted by Crippen LogP contribution is -2.16. The fraction of sp³-hybridized carbons (Fsp3) is 0.143. The van der Waals surface area contributed by atoms with Crippen LogP contribution >= 0.6 is 22.9 Å². The maximum Gasteiger partial charge on any atom is 0.341 e. The molecule has 1 amide bonds. The van der Waals surface area contributed by atoms with E-state index in [-0.39, 0.29) is 11.1 Å². The van der Waals surface area contributed by atoms with Crippen molar-refractivity contribution in [3.63, 3.8) is 0 Å². The zero-order chi connectivity index (χ0) is 21.0. The summed E-state index contributed by atoms with van der Waals surface area (Å²) < 4.78 is 15.5. The summed E-state index contributed by atoms with van der Waals surface area (Å²) in [5.41, 5.74) is 1.92. The summed E-state index contributed by atoms with van der Waals surface area (Å²) >= 11 is 7.18. The molecule has 3 aromatic rings. The summed E-state index contributed by atoms with van der Waals surface area (Å²) in [5, 5.41) is 5.51. The number of halogens is 1. The summed E-state index contributed by atoms with van der Waals surface area (Å²) in [6.07, 6.45) is 0. The molecule has 0 saturated carbocycles. The van der Waals surface area contributed by atoms with Crippen molar-refractivity contribution in [2.24, 2.45) is 0 Å². The number of thiophene rings is 1. The van der Waals surface area contributed by atoms with Crippen molar-refractivity contribution in [1.82, 2.24) is 0 Å². The molecule has 1 heterocycles. The molecule has 150 valence electrons. The molecule has 0 spiro atoms. The lowest BCUT2D eigenvalue weighted by Gasteiger charge is -2.13. The van der Waals surface area contributed by atoms with Gasteiger partial charge in [-0.2, -0.15) is 0 Å². The van der Waals surface area contributed by atoms with Crippen LogP contribution in [0.4, 0.5) is 5.00 Å². The van der Waals surface area contributed by atoms with E-state index < -0.39 is 11.9 Å².